The number of hydrogen-bond acceptors (Lipinski definition) is 5. The van der Waals surface area contributed by atoms with Crippen LogP contribution in [-0.2, 0) is 4.79 Å². The molecule has 1 fully saturated rings. The molecule has 2 aromatic carbocycles. The number of hydrogen-bond donors (Lipinski definition) is 2. The Morgan fingerprint density at radius 1 is 1.17 bits per heavy atom. The highest BCUT2D eigenvalue weighted by Gasteiger charge is 2.33. The van der Waals surface area contributed by atoms with Crippen LogP contribution < -0.4 is 4.90 Å². The molecule has 0 atom stereocenters. The maximum absolute atomic E-state index is 12.6. The molecule has 7 heteroatoms. The van der Waals surface area contributed by atoms with E-state index in [0.29, 0.717) is 14.9 Å². The zero-order chi connectivity index (χ0) is 17.3. The van der Waals surface area contributed by atoms with Crippen LogP contribution in [0, 0.1) is 0 Å². The van der Waals surface area contributed by atoms with E-state index in [9.17, 15) is 14.7 Å². The normalized spacial score (nSPS) is 16.0. The third-order valence-electron chi connectivity index (χ3n) is 3.36. The van der Waals surface area contributed by atoms with Crippen molar-refractivity contribution in [2.24, 2.45) is 0 Å². The maximum Gasteiger partial charge on any atom is 0.339 e. The molecule has 3 rings (SSSR count). The number of benzene rings is 2. The molecular weight excluding hydrogens is 346 g/mol. The van der Waals surface area contributed by atoms with Crippen molar-refractivity contribution in [2.45, 2.75) is 0 Å². The van der Waals surface area contributed by atoms with Crippen molar-refractivity contribution in [3.63, 3.8) is 0 Å². The van der Waals surface area contributed by atoms with Crippen molar-refractivity contribution >= 4 is 51.9 Å². The number of carboxylic acids is 1. The minimum absolute atomic E-state index is 0.232. The van der Waals surface area contributed by atoms with Crippen molar-refractivity contribution in [2.75, 3.05) is 4.90 Å². The van der Waals surface area contributed by atoms with Crippen LogP contribution in [0.5, 0.6) is 5.75 Å². The minimum Gasteiger partial charge on any atom is -0.507 e. The molecule has 0 aliphatic carbocycles. The molecule has 0 aromatic heterocycles. The van der Waals surface area contributed by atoms with Crippen molar-refractivity contribution in [3.8, 4) is 5.75 Å². The molecule has 0 spiro atoms. The third kappa shape index (κ3) is 3.04. The fourth-order valence-corrected chi connectivity index (χ4v) is 3.53. The number of aromatic carboxylic acids is 1. The van der Waals surface area contributed by atoms with Gasteiger partial charge in [-0.3, -0.25) is 9.69 Å². The molecule has 1 saturated heterocycles. The van der Waals surface area contributed by atoms with Gasteiger partial charge in [-0.15, -0.1) is 0 Å². The van der Waals surface area contributed by atoms with Crippen LogP contribution in [0.1, 0.15) is 15.9 Å². The second-order valence-corrected chi connectivity index (χ2v) is 6.61. The van der Waals surface area contributed by atoms with Gasteiger partial charge in [0.25, 0.3) is 5.91 Å². The lowest BCUT2D eigenvalue weighted by atomic mass is 10.1. The number of thioether (sulfide) groups is 1. The Labute approximate surface area is 147 Å². The van der Waals surface area contributed by atoms with Crippen molar-refractivity contribution in [1.82, 2.24) is 0 Å². The van der Waals surface area contributed by atoms with E-state index in [1.807, 2.05) is 30.3 Å². The van der Waals surface area contributed by atoms with Crippen molar-refractivity contribution in [1.29, 1.82) is 0 Å². The zero-order valence-electron chi connectivity index (χ0n) is 12.2. The monoisotopic (exact) mass is 357 g/mol. The van der Waals surface area contributed by atoms with Crippen LogP contribution >= 0.6 is 24.0 Å². The maximum atomic E-state index is 12.6. The lowest BCUT2D eigenvalue weighted by Gasteiger charge is -2.15. The summed E-state index contributed by atoms with van der Waals surface area (Å²) in [7, 11) is 0. The van der Waals surface area contributed by atoms with Crippen LogP contribution in [0.25, 0.3) is 6.08 Å². The fourth-order valence-electron chi connectivity index (χ4n) is 2.23. The van der Waals surface area contributed by atoms with Crippen molar-refractivity contribution < 1.29 is 19.8 Å². The molecule has 24 heavy (non-hydrogen) atoms. The van der Waals surface area contributed by atoms with E-state index in [2.05, 4.69) is 0 Å². The molecule has 1 heterocycles. The Balaban J connectivity index is 1.94. The first kappa shape index (κ1) is 16.2. The lowest BCUT2D eigenvalue weighted by Crippen LogP contribution is -2.27. The largest absolute Gasteiger partial charge is 0.507 e. The summed E-state index contributed by atoms with van der Waals surface area (Å²) in [5.74, 6) is -1.97. The van der Waals surface area contributed by atoms with E-state index in [4.69, 9.17) is 17.3 Å². The minimum atomic E-state index is -1.24. The summed E-state index contributed by atoms with van der Waals surface area (Å²) in [6, 6.07) is 13.3. The van der Waals surface area contributed by atoms with Gasteiger partial charge in [0.2, 0.25) is 0 Å². The van der Waals surface area contributed by atoms with Crippen molar-refractivity contribution in [3.05, 3.63) is 64.6 Å². The van der Waals surface area contributed by atoms with E-state index in [1.165, 1.54) is 23.1 Å². The highest BCUT2D eigenvalue weighted by atomic mass is 32.2. The van der Waals surface area contributed by atoms with Crippen LogP contribution in [0.4, 0.5) is 5.69 Å². The fraction of sp³-hybridized carbons (Fsp3) is 0. The molecule has 2 aromatic rings. The smallest absolute Gasteiger partial charge is 0.339 e. The Morgan fingerprint density at radius 2 is 1.88 bits per heavy atom. The highest BCUT2D eigenvalue weighted by Crippen LogP contribution is 2.37. The Kier molecular flexibility index (Phi) is 4.37. The lowest BCUT2D eigenvalue weighted by molar-refractivity contribution is -0.113. The van der Waals surface area contributed by atoms with Gasteiger partial charge in [0, 0.05) is 6.07 Å². The topological polar surface area (TPSA) is 77.8 Å². The van der Waals surface area contributed by atoms with E-state index in [0.717, 1.165) is 17.3 Å². The van der Waals surface area contributed by atoms with E-state index >= 15 is 0 Å². The van der Waals surface area contributed by atoms with E-state index in [-0.39, 0.29) is 11.5 Å². The molecular formula is C17H11NO4S2. The second-order valence-electron chi connectivity index (χ2n) is 4.93. The van der Waals surface area contributed by atoms with Gasteiger partial charge in [0.1, 0.15) is 11.3 Å². The Bertz CT molecular complexity index is 877. The van der Waals surface area contributed by atoms with Crippen LogP contribution in [0.3, 0.4) is 0 Å². The number of phenols is 1. The van der Waals surface area contributed by atoms with Gasteiger partial charge >= 0.3 is 5.97 Å². The number of carbonyl (C=O) groups is 2. The summed E-state index contributed by atoms with van der Waals surface area (Å²) in [5, 5.41) is 18.8. The predicted octanol–water partition coefficient (Wildman–Crippen LogP) is 3.50. The van der Waals surface area contributed by atoms with Crippen LogP contribution in [0.2, 0.25) is 0 Å². The number of nitrogens with zero attached hydrogens (tertiary/aromatic N) is 1. The molecule has 0 saturated carbocycles. The zero-order valence-corrected chi connectivity index (χ0v) is 13.8. The number of thiocarbonyl (C=S) groups is 1. The third-order valence-corrected chi connectivity index (χ3v) is 4.66. The average molecular weight is 357 g/mol. The molecule has 0 unspecified atom stereocenters. The number of aromatic hydroxyl groups is 1. The van der Waals surface area contributed by atoms with Crippen LogP contribution in [-0.4, -0.2) is 26.4 Å². The van der Waals surface area contributed by atoms with Gasteiger partial charge in [0.05, 0.1) is 10.6 Å². The van der Waals surface area contributed by atoms with Gasteiger partial charge in [-0.05, 0) is 23.8 Å². The molecule has 0 radical (unpaired) electrons. The number of carboxylic acid groups (broad SMARTS) is 1. The first-order chi connectivity index (χ1) is 11.5. The van der Waals surface area contributed by atoms with Gasteiger partial charge in [-0.25, -0.2) is 4.79 Å². The van der Waals surface area contributed by atoms with E-state index < -0.39 is 11.7 Å². The summed E-state index contributed by atoms with van der Waals surface area (Å²) in [6.45, 7) is 0. The number of amides is 1. The first-order valence-electron chi connectivity index (χ1n) is 6.86. The molecule has 1 aliphatic heterocycles. The van der Waals surface area contributed by atoms with Gasteiger partial charge in [-0.2, -0.15) is 0 Å². The quantitative estimate of drug-likeness (QED) is 0.647. The molecule has 5 nitrogen and oxygen atoms in total. The van der Waals surface area contributed by atoms with Gasteiger partial charge < -0.3 is 10.2 Å². The molecule has 1 aliphatic rings. The predicted molar refractivity (Wildman–Crippen MR) is 97.2 cm³/mol. The first-order valence-corrected chi connectivity index (χ1v) is 8.09. The number of anilines is 1. The standard InChI is InChI=1S/C17H11NO4S2/c19-13-9-11(6-7-12(13)16(21)22)18-15(20)14(24-17(18)23)8-10-4-2-1-3-5-10/h1-9,19H,(H,21,22)/b14-8-. The summed E-state index contributed by atoms with van der Waals surface area (Å²) in [4.78, 5) is 25.3. The summed E-state index contributed by atoms with van der Waals surface area (Å²) in [5.41, 5.74) is 0.975. The Morgan fingerprint density at radius 3 is 2.50 bits per heavy atom. The molecule has 1 amide bonds. The number of rotatable bonds is 3. The SMILES string of the molecule is O=C(O)c1ccc(N2C(=O)/C(=C/c3ccccc3)SC2=S)cc1O. The summed E-state index contributed by atoms with van der Waals surface area (Å²) in [6.07, 6.45) is 1.74. The molecule has 2 N–H and O–H groups in total. The van der Waals surface area contributed by atoms with Gasteiger partial charge in [0.15, 0.2) is 4.32 Å². The highest BCUT2D eigenvalue weighted by molar-refractivity contribution is 8.27. The van der Waals surface area contributed by atoms with Gasteiger partial charge in [-0.1, -0.05) is 54.3 Å². The van der Waals surface area contributed by atoms with Crippen LogP contribution in [0.15, 0.2) is 53.4 Å². The van der Waals surface area contributed by atoms with E-state index in [1.54, 1.807) is 6.08 Å². The summed E-state index contributed by atoms with van der Waals surface area (Å²) >= 11 is 6.41. The average Bonchev–Trinajstić information content (AvgIpc) is 2.82. The second kappa shape index (κ2) is 6.46. The molecule has 0 bridgehead atoms. The summed E-state index contributed by atoms with van der Waals surface area (Å²) < 4.78 is 0.324. The molecule has 120 valence electrons. The Hall–Kier alpha value is -2.64. The number of carbonyl (C=O) groups excluding carboxylic acids is 1.